The van der Waals surface area contributed by atoms with Gasteiger partial charge in [0.05, 0.1) is 16.7 Å². The molecule has 1 heterocycles. The number of alkyl halides is 3. The molecule has 0 spiro atoms. The molecule has 1 aliphatic heterocycles. The van der Waals surface area contributed by atoms with Crippen molar-refractivity contribution >= 4 is 51.4 Å². The van der Waals surface area contributed by atoms with Crippen LogP contribution in [0.5, 0.6) is 5.75 Å². The maximum absolute atomic E-state index is 13.4. The van der Waals surface area contributed by atoms with Crippen molar-refractivity contribution in [2.45, 2.75) is 36.5 Å². The molecule has 2 aromatic rings. The molecule has 3 rings (SSSR count). The van der Waals surface area contributed by atoms with E-state index in [1.807, 2.05) is 0 Å². The average molecular weight is 615 g/mol. The second-order valence-corrected chi connectivity index (χ2v) is 10.4. The van der Waals surface area contributed by atoms with Crippen molar-refractivity contribution in [2.75, 3.05) is 13.2 Å². The highest BCUT2D eigenvalue weighted by Gasteiger charge is 2.41. The summed E-state index contributed by atoms with van der Waals surface area (Å²) < 4.78 is 64.6. The largest absolute Gasteiger partial charge is 0.493 e. The van der Waals surface area contributed by atoms with Gasteiger partial charge < -0.3 is 26.1 Å². The summed E-state index contributed by atoms with van der Waals surface area (Å²) in [5.41, 5.74) is 11.6. The number of rotatable bonds is 9. The third-order valence-electron chi connectivity index (χ3n) is 4.99. The van der Waals surface area contributed by atoms with E-state index in [-0.39, 0.29) is 40.5 Å². The maximum Gasteiger partial charge on any atom is 0.446 e. The number of nitrogens with zero attached hydrogens (tertiary/aromatic N) is 2. The van der Waals surface area contributed by atoms with Gasteiger partial charge in [-0.1, -0.05) is 35.3 Å². The Bertz CT molecular complexity index is 1300. The van der Waals surface area contributed by atoms with E-state index in [9.17, 15) is 31.5 Å². The van der Waals surface area contributed by atoms with Gasteiger partial charge in [0.1, 0.15) is 23.3 Å². The summed E-state index contributed by atoms with van der Waals surface area (Å²) in [6.07, 6.45) is -5.22. The number of aliphatic carboxylic acids is 1. The number of sulfonamides is 1. The number of carboxylic acids is 1. The maximum atomic E-state index is 13.4. The van der Waals surface area contributed by atoms with Gasteiger partial charge in [-0.15, -0.1) is 0 Å². The lowest BCUT2D eigenvalue weighted by Crippen LogP contribution is -2.48. The molecule has 0 saturated heterocycles. The van der Waals surface area contributed by atoms with Gasteiger partial charge in [-0.3, -0.25) is 9.59 Å². The highest BCUT2D eigenvalue weighted by molar-refractivity contribution is 7.89. The standard InChI is InChI=1S/C20H22Cl2N4O6S.C2HF3O/c21-15-3-1-4-16(22)18(15)33(29,30)26-11-13-9-14(31-7-2-8-32-25-20(23)24)6-5-12(13)10-17(26)19(27)28;3-2(4,5)1-6/h1,3-6,9,17H,2,7-8,10-11H2,(H,27,28)(H4,23,24,25);1H/t17-;/m0./s1. The molecule has 1 atom stereocenters. The quantitative estimate of drug-likeness (QED) is 0.126. The van der Waals surface area contributed by atoms with Crippen molar-refractivity contribution in [2.24, 2.45) is 16.6 Å². The smallest absolute Gasteiger partial charge is 0.446 e. The van der Waals surface area contributed by atoms with E-state index in [1.165, 1.54) is 18.2 Å². The van der Waals surface area contributed by atoms with Crippen molar-refractivity contribution in [3.05, 3.63) is 57.6 Å². The minimum absolute atomic E-state index is 0.0153. The minimum atomic E-state index is -4.64. The molecule has 0 bridgehead atoms. The molecule has 2 aromatic carbocycles. The van der Waals surface area contributed by atoms with Crippen LogP contribution in [0.4, 0.5) is 13.2 Å². The van der Waals surface area contributed by atoms with Crippen LogP contribution in [0.25, 0.3) is 0 Å². The topological polar surface area (TPSA) is 175 Å². The first kappa shape index (κ1) is 31.9. The first-order valence-electron chi connectivity index (χ1n) is 10.8. The lowest BCUT2D eigenvalue weighted by atomic mass is 9.95. The lowest BCUT2D eigenvalue weighted by molar-refractivity contribution is -0.156. The number of hydrogen-bond acceptors (Lipinski definition) is 7. The Hall–Kier alpha value is -3.27. The van der Waals surface area contributed by atoms with Gasteiger partial charge in [0.2, 0.25) is 22.3 Å². The molecule has 0 aromatic heterocycles. The molecule has 39 heavy (non-hydrogen) atoms. The van der Waals surface area contributed by atoms with E-state index >= 15 is 0 Å². The van der Waals surface area contributed by atoms with E-state index in [1.54, 1.807) is 18.2 Å². The van der Waals surface area contributed by atoms with Gasteiger partial charge >= 0.3 is 12.1 Å². The van der Waals surface area contributed by atoms with Gasteiger partial charge in [-0.05, 0) is 40.5 Å². The molecule has 0 unspecified atom stereocenters. The Morgan fingerprint density at radius 1 is 1.15 bits per heavy atom. The fourth-order valence-electron chi connectivity index (χ4n) is 3.37. The molecular formula is C22H23Cl2F3N4O7S. The Balaban J connectivity index is 0.000000798. The number of aldehydes is 1. The molecular weight excluding hydrogens is 592 g/mol. The van der Waals surface area contributed by atoms with Crippen molar-refractivity contribution in [1.29, 1.82) is 0 Å². The average Bonchev–Trinajstić information content (AvgIpc) is 2.84. The zero-order valence-electron chi connectivity index (χ0n) is 19.9. The summed E-state index contributed by atoms with van der Waals surface area (Å²) in [5, 5.41) is 13.0. The van der Waals surface area contributed by atoms with Crippen LogP contribution in [0.3, 0.4) is 0 Å². The minimum Gasteiger partial charge on any atom is -0.493 e. The molecule has 0 aliphatic carbocycles. The number of oxime groups is 1. The van der Waals surface area contributed by atoms with Gasteiger partial charge in [0, 0.05) is 19.4 Å². The van der Waals surface area contributed by atoms with Crippen molar-refractivity contribution in [3.63, 3.8) is 0 Å². The van der Waals surface area contributed by atoms with Crippen LogP contribution < -0.4 is 16.2 Å². The summed E-state index contributed by atoms with van der Waals surface area (Å²) in [5.74, 6) is -0.950. The van der Waals surface area contributed by atoms with Crippen LogP contribution in [0, 0.1) is 0 Å². The monoisotopic (exact) mass is 614 g/mol. The predicted octanol–water partition coefficient (Wildman–Crippen LogP) is 2.92. The molecule has 0 amide bonds. The number of guanidine groups is 1. The third kappa shape index (κ3) is 9.16. The Labute approximate surface area is 231 Å². The number of fused-ring (bicyclic) bond motifs is 1. The normalized spacial score (nSPS) is 15.3. The van der Waals surface area contributed by atoms with Crippen LogP contribution in [0.1, 0.15) is 17.5 Å². The van der Waals surface area contributed by atoms with Crippen molar-refractivity contribution < 1.29 is 45.9 Å². The molecule has 11 nitrogen and oxygen atoms in total. The number of benzene rings is 2. The number of carbonyl (C=O) groups is 2. The Morgan fingerprint density at radius 2 is 1.77 bits per heavy atom. The molecule has 214 valence electrons. The molecule has 0 fully saturated rings. The summed E-state index contributed by atoms with van der Waals surface area (Å²) in [7, 11) is -4.31. The summed E-state index contributed by atoms with van der Waals surface area (Å²) >= 11 is 12.2. The number of carbonyl (C=O) groups excluding carboxylic acids is 1. The SMILES string of the molecule is NC(N)=NOCCCOc1ccc2c(c1)CN(S(=O)(=O)c1c(Cl)cccc1Cl)[C@H](C(=O)O)C2.O=CC(F)(F)F. The van der Waals surface area contributed by atoms with Crippen LogP contribution in [0.15, 0.2) is 46.4 Å². The fraction of sp³-hybridized carbons (Fsp3) is 0.318. The lowest BCUT2D eigenvalue weighted by Gasteiger charge is -2.34. The van der Waals surface area contributed by atoms with Crippen LogP contribution in [-0.4, -0.2) is 61.5 Å². The van der Waals surface area contributed by atoms with Crippen LogP contribution in [0.2, 0.25) is 10.0 Å². The number of ether oxygens (including phenoxy) is 1. The van der Waals surface area contributed by atoms with Crippen molar-refractivity contribution in [1.82, 2.24) is 4.31 Å². The van der Waals surface area contributed by atoms with E-state index in [0.29, 0.717) is 29.9 Å². The van der Waals surface area contributed by atoms with Crippen LogP contribution in [-0.2, 0) is 37.4 Å². The van der Waals surface area contributed by atoms with E-state index < -0.39 is 34.5 Å². The molecule has 17 heteroatoms. The zero-order chi connectivity index (χ0) is 29.4. The fourth-order valence-corrected chi connectivity index (χ4v) is 6.02. The molecule has 1 aliphatic rings. The van der Waals surface area contributed by atoms with Gasteiger partial charge in [0.25, 0.3) is 0 Å². The zero-order valence-corrected chi connectivity index (χ0v) is 22.2. The molecule has 0 radical (unpaired) electrons. The first-order chi connectivity index (χ1) is 18.2. The molecule has 0 saturated carbocycles. The second-order valence-electron chi connectivity index (χ2n) is 7.80. The van der Waals surface area contributed by atoms with E-state index in [0.717, 1.165) is 4.31 Å². The summed E-state index contributed by atoms with van der Waals surface area (Å²) in [4.78, 5) is 25.2. The second kappa shape index (κ2) is 13.7. The number of carboxylic acid groups (broad SMARTS) is 1. The first-order valence-corrected chi connectivity index (χ1v) is 13.0. The Morgan fingerprint density at radius 3 is 2.31 bits per heavy atom. The molecule has 5 N–H and O–H groups in total. The van der Waals surface area contributed by atoms with Gasteiger partial charge in [0.15, 0.2) is 0 Å². The van der Waals surface area contributed by atoms with Crippen LogP contribution >= 0.6 is 23.2 Å². The third-order valence-corrected chi connectivity index (χ3v) is 7.80. The number of nitrogens with two attached hydrogens (primary N) is 2. The highest BCUT2D eigenvalue weighted by Crippen LogP contribution is 2.36. The van der Waals surface area contributed by atoms with E-state index in [4.69, 9.17) is 49.0 Å². The highest BCUT2D eigenvalue weighted by atomic mass is 35.5. The number of halogens is 5. The van der Waals surface area contributed by atoms with Gasteiger partial charge in [-0.25, -0.2) is 8.42 Å². The number of hydrogen-bond donors (Lipinski definition) is 3. The predicted molar refractivity (Wildman–Crippen MR) is 135 cm³/mol. The van der Waals surface area contributed by atoms with E-state index in [2.05, 4.69) is 5.16 Å². The van der Waals surface area contributed by atoms with Gasteiger partial charge in [-0.2, -0.15) is 17.5 Å². The Kier molecular flexibility index (Phi) is 11.2. The summed E-state index contributed by atoms with van der Waals surface area (Å²) in [6, 6.07) is 8.08. The van der Waals surface area contributed by atoms with Crippen molar-refractivity contribution in [3.8, 4) is 5.75 Å². The summed E-state index contributed by atoms with van der Waals surface area (Å²) in [6.45, 7) is 0.364.